The minimum atomic E-state index is -3.75. The Labute approximate surface area is 181 Å². The number of carbonyl (C=O) groups excluding carboxylic acids is 2. The molecule has 1 fully saturated rings. The topological polar surface area (TPSA) is 92.8 Å². The van der Waals surface area contributed by atoms with E-state index in [0.717, 1.165) is 23.3 Å². The van der Waals surface area contributed by atoms with Crippen molar-refractivity contribution in [3.05, 3.63) is 59.4 Å². The van der Waals surface area contributed by atoms with Gasteiger partial charge in [-0.15, -0.1) is 0 Å². The van der Waals surface area contributed by atoms with Gasteiger partial charge in [-0.3, -0.25) is 9.59 Å². The monoisotopic (exact) mass is 448 g/mol. The van der Waals surface area contributed by atoms with E-state index < -0.39 is 40.2 Å². The van der Waals surface area contributed by atoms with Gasteiger partial charge in [-0.1, -0.05) is 12.1 Å². The Bertz CT molecular complexity index is 1060. The molecule has 1 saturated heterocycles. The predicted octanol–water partition coefficient (Wildman–Crippen LogP) is 3.03. The first kappa shape index (κ1) is 22.9. The van der Waals surface area contributed by atoms with Gasteiger partial charge in [0.15, 0.2) is 6.61 Å². The summed E-state index contributed by atoms with van der Waals surface area (Å²) >= 11 is 0. The highest BCUT2D eigenvalue weighted by molar-refractivity contribution is 7.89. The van der Waals surface area contributed by atoms with Crippen molar-refractivity contribution in [2.75, 3.05) is 25.0 Å². The third kappa shape index (κ3) is 5.48. The van der Waals surface area contributed by atoms with Gasteiger partial charge in [-0.25, -0.2) is 12.8 Å². The molecule has 1 aliphatic heterocycles. The van der Waals surface area contributed by atoms with Crippen molar-refractivity contribution in [1.29, 1.82) is 0 Å². The molecule has 0 bridgehead atoms. The smallest absolute Gasteiger partial charge is 0.309 e. The van der Waals surface area contributed by atoms with E-state index in [4.69, 9.17) is 4.74 Å². The molecule has 166 valence electrons. The zero-order chi connectivity index (χ0) is 22.6. The van der Waals surface area contributed by atoms with Gasteiger partial charge < -0.3 is 10.1 Å². The number of aryl methyl sites for hydroxylation is 1. The van der Waals surface area contributed by atoms with Crippen LogP contribution >= 0.6 is 0 Å². The summed E-state index contributed by atoms with van der Waals surface area (Å²) in [7, 11) is -3.75. The number of esters is 1. The summed E-state index contributed by atoms with van der Waals surface area (Å²) in [6, 6.07) is 10.2. The molecule has 0 radical (unpaired) electrons. The van der Waals surface area contributed by atoms with Crippen LogP contribution in [0.25, 0.3) is 0 Å². The number of sulfonamides is 1. The fourth-order valence-electron chi connectivity index (χ4n) is 3.41. The molecule has 1 heterocycles. The van der Waals surface area contributed by atoms with E-state index in [9.17, 15) is 22.4 Å². The van der Waals surface area contributed by atoms with Crippen molar-refractivity contribution in [3.63, 3.8) is 0 Å². The van der Waals surface area contributed by atoms with Gasteiger partial charge in [-0.05, 0) is 68.1 Å². The molecule has 1 N–H and O–H groups in total. The molecule has 3 rings (SSSR count). The Morgan fingerprint density at radius 3 is 2.39 bits per heavy atom. The zero-order valence-corrected chi connectivity index (χ0v) is 18.2. The molecule has 1 amide bonds. The number of anilines is 1. The molecule has 0 saturated carbocycles. The molecular weight excluding hydrogens is 423 g/mol. The largest absolute Gasteiger partial charge is 0.455 e. The fraction of sp³-hybridized carbons (Fsp3) is 0.364. The SMILES string of the molecule is Cc1cccc(NC(=O)COC(=O)C2CCN(S(=O)(=O)c3ccc(F)cc3)CC2)c1C. The van der Waals surface area contributed by atoms with E-state index in [1.165, 1.54) is 16.4 Å². The summed E-state index contributed by atoms with van der Waals surface area (Å²) in [6.07, 6.45) is 0.579. The number of carbonyl (C=O) groups is 2. The van der Waals surface area contributed by atoms with Crippen LogP contribution in [0, 0.1) is 25.6 Å². The van der Waals surface area contributed by atoms with Crippen LogP contribution in [-0.4, -0.2) is 44.3 Å². The third-order valence-corrected chi connectivity index (χ3v) is 7.38. The molecule has 9 heteroatoms. The number of amides is 1. The van der Waals surface area contributed by atoms with Crippen molar-refractivity contribution in [3.8, 4) is 0 Å². The second-order valence-corrected chi connectivity index (χ2v) is 9.47. The Balaban J connectivity index is 1.49. The molecule has 1 aliphatic rings. The fourth-order valence-corrected chi connectivity index (χ4v) is 4.88. The molecule has 0 aliphatic carbocycles. The van der Waals surface area contributed by atoms with Crippen molar-refractivity contribution < 1.29 is 27.1 Å². The zero-order valence-electron chi connectivity index (χ0n) is 17.4. The van der Waals surface area contributed by atoms with Gasteiger partial charge in [0.1, 0.15) is 5.82 Å². The summed E-state index contributed by atoms with van der Waals surface area (Å²) < 4.78 is 44.8. The van der Waals surface area contributed by atoms with Crippen molar-refractivity contribution >= 4 is 27.6 Å². The highest BCUT2D eigenvalue weighted by Gasteiger charge is 2.33. The van der Waals surface area contributed by atoms with Gasteiger partial charge in [0.05, 0.1) is 10.8 Å². The summed E-state index contributed by atoms with van der Waals surface area (Å²) in [5, 5.41) is 2.73. The maximum absolute atomic E-state index is 13.1. The second kappa shape index (κ2) is 9.57. The lowest BCUT2D eigenvalue weighted by molar-refractivity contribution is -0.152. The van der Waals surface area contributed by atoms with Gasteiger partial charge in [-0.2, -0.15) is 4.31 Å². The average Bonchev–Trinajstić information content (AvgIpc) is 2.75. The van der Waals surface area contributed by atoms with E-state index in [1.54, 1.807) is 6.07 Å². The minimum absolute atomic E-state index is 0.0121. The van der Waals surface area contributed by atoms with Crippen molar-refractivity contribution in [2.45, 2.75) is 31.6 Å². The maximum Gasteiger partial charge on any atom is 0.309 e. The first-order valence-electron chi connectivity index (χ1n) is 9.97. The number of halogens is 1. The van der Waals surface area contributed by atoms with Crippen LogP contribution in [0.2, 0.25) is 0 Å². The minimum Gasteiger partial charge on any atom is -0.455 e. The van der Waals surface area contributed by atoms with E-state index >= 15 is 0 Å². The summed E-state index contributed by atoms with van der Waals surface area (Å²) in [5.41, 5.74) is 2.65. The quantitative estimate of drug-likeness (QED) is 0.686. The van der Waals surface area contributed by atoms with Crippen molar-refractivity contribution in [2.24, 2.45) is 5.92 Å². The summed E-state index contributed by atoms with van der Waals surface area (Å²) in [5.74, 6) is -1.94. The van der Waals surface area contributed by atoms with Crippen LogP contribution in [0.15, 0.2) is 47.4 Å². The number of ether oxygens (including phenoxy) is 1. The highest BCUT2D eigenvalue weighted by atomic mass is 32.2. The number of nitrogens with zero attached hydrogens (tertiary/aromatic N) is 1. The van der Waals surface area contributed by atoms with E-state index in [0.29, 0.717) is 5.69 Å². The average molecular weight is 449 g/mol. The highest BCUT2D eigenvalue weighted by Crippen LogP contribution is 2.25. The molecule has 2 aromatic rings. The van der Waals surface area contributed by atoms with Gasteiger partial charge in [0.2, 0.25) is 10.0 Å². The number of rotatable bonds is 6. The predicted molar refractivity (Wildman–Crippen MR) is 113 cm³/mol. The van der Waals surface area contributed by atoms with Gasteiger partial charge in [0, 0.05) is 18.8 Å². The molecule has 31 heavy (non-hydrogen) atoms. The molecule has 2 aromatic carbocycles. The molecule has 0 atom stereocenters. The Hall–Kier alpha value is -2.78. The van der Waals surface area contributed by atoms with Crippen LogP contribution in [0.1, 0.15) is 24.0 Å². The lowest BCUT2D eigenvalue weighted by Gasteiger charge is -2.30. The van der Waals surface area contributed by atoms with E-state index in [1.807, 2.05) is 26.0 Å². The van der Waals surface area contributed by atoms with Crippen LogP contribution in [0.4, 0.5) is 10.1 Å². The van der Waals surface area contributed by atoms with Crippen LogP contribution < -0.4 is 5.32 Å². The maximum atomic E-state index is 13.1. The lowest BCUT2D eigenvalue weighted by Crippen LogP contribution is -2.40. The Morgan fingerprint density at radius 1 is 1.10 bits per heavy atom. The first-order valence-corrected chi connectivity index (χ1v) is 11.4. The second-order valence-electron chi connectivity index (χ2n) is 7.54. The third-order valence-electron chi connectivity index (χ3n) is 5.46. The van der Waals surface area contributed by atoms with E-state index in [2.05, 4.69) is 5.32 Å². The summed E-state index contributed by atoms with van der Waals surface area (Å²) in [4.78, 5) is 24.5. The lowest BCUT2D eigenvalue weighted by atomic mass is 9.98. The van der Waals surface area contributed by atoms with Crippen molar-refractivity contribution in [1.82, 2.24) is 4.31 Å². The molecule has 0 unspecified atom stereocenters. The normalized spacial score (nSPS) is 15.5. The van der Waals surface area contributed by atoms with Gasteiger partial charge >= 0.3 is 5.97 Å². The number of piperidine rings is 1. The molecule has 0 spiro atoms. The summed E-state index contributed by atoms with van der Waals surface area (Å²) in [6.45, 7) is 3.72. The number of hydrogen-bond acceptors (Lipinski definition) is 5. The first-order chi connectivity index (χ1) is 14.7. The molecular formula is C22H25FN2O5S. The standard InChI is InChI=1S/C22H25FN2O5S/c1-15-4-3-5-20(16(15)2)24-21(26)14-30-22(27)17-10-12-25(13-11-17)31(28,29)19-8-6-18(23)7-9-19/h3-9,17H,10-14H2,1-2H3,(H,24,26). The number of nitrogens with one attached hydrogen (secondary N) is 1. The van der Waals surface area contributed by atoms with Gasteiger partial charge in [0.25, 0.3) is 5.91 Å². The molecule has 7 nitrogen and oxygen atoms in total. The Morgan fingerprint density at radius 2 is 1.74 bits per heavy atom. The van der Waals surface area contributed by atoms with E-state index in [-0.39, 0.29) is 30.8 Å². The molecule has 0 aromatic heterocycles. The number of benzene rings is 2. The van der Waals surface area contributed by atoms with Crippen LogP contribution in [0.5, 0.6) is 0 Å². The Kier molecular flexibility index (Phi) is 7.07. The number of hydrogen-bond donors (Lipinski definition) is 1. The van der Waals surface area contributed by atoms with Crippen LogP contribution in [-0.2, 0) is 24.3 Å². The van der Waals surface area contributed by atoms with Crippen LogP contribution in [0.3, 0.4) is 0 Å².